The summed E-state index contributed by atoms with van der Waals surface area (Å²) in [7, 11) is 0. The van der Waals surface area contributed by atoms with Gasteiger partial charge in [-0.3, -0.25) is 4.79 Å². The van der Waals surface area contributed by atoms with E-state index in [1.807, 2.05) is 36.4 Å². The molecule has 0 aliphatic carbocycles. The summed E-state index contributed by atoms with van der Waals surface area (Å²) in [5, 5.41) is 8.52. The standard InChI is InChI=1S/C11H12N2O/c1-10(14)13(8-7-12)9-11-5-3-2-4-6-11/h2-6H,8-9H2,1H3. The van der Waals surface area contributed by atoms with Crippen LogP contribution in [-0.2, 0) is 11.3 Å². The Bertz CT molecular complexity index is 340. The van der Waals surface area contributed by atoms with E-state index in [1.165, 1.54) is 11.8 Å². The van der Waals surface area contributed by atoms with Gasteiger partial charge in [-0.1, -0.05) is 30.3 Å². The number of nitrogens with zero attached hydrogens (tertiary/aromatic N) is 2. The van der Waals surface area contributed by atoms with Crippen molar-refractivity contribution < 1.29 is 4.79 Å². The molecule has 72 valence electrons. The maximum atomic E-state index is 11.1. The van der Waals surface area contributed by atoms with Crippen molar-refractivity contribution in [2.24, 2.45) is 0 Å². The van der Waals surface area contributed by atoms with Crippen molar-refractivity contribution in [3.8, 4) is 6.07 Å². The Morgan fingerprint density at radius 1 is 1.43 bits per heavy atom. The molecule has 0 aromatic heterocycles. The van der Waals surface area contributed by atoms with Crippen LogP contribution in [0.3, 0.4) is 0 Å². The molecule has 0 bridgehead atoms. The summed E-state index contributed by atoms with van der Waals surface area (Å²) in [6, 6.07) is 11.6. The highest BCUT2D eigenvalue weighted by Crippen LogP contribution is 2.03. The fourth-order valence-corrected chi connectivity index (χ4v) is 1.17. The zero-order chi connectivity index (χ0) is 10.4. The molecule has 0 fully saturated rings. The summed E-state index contributed by atoms with van der Waals surface area (Å²) in [4.78, 5) is 12.6. The van der Waals surface area contributed by atoms with E-state index in [4.69, 9.17) is 5.26 Å². The monoisotopic (exact) mass is 188 g/mol. The molecular formula is C11H12N2O. The number of benzene rings is 1. The second kappa shape index (κ2) is 5.03. The van der Waals surface area contributed by atoms with Gasteiger partial charge in [-0.2, -0.15) is 5.26 Å². The maximum Gasteiger partial charge on any atom is 0.220 e. The first-order valence-electron chi connectivity index (χ1n) is 4.40. The fraction of sp³-hybridized carbons (Fsp3) is 0.273. The molecule has 1 amide bonds. The Morgan fingerprint density at radius 3 is 2.57 bits per heavy atom. The summed E-state index contributed by atoms with van der Waals surface area (Å²) >= 11 is 0. The van der Waals surface area contributed by atoms with Gasteiger partial charge in [0.2, 0.25) is 5.91 Å². The Labute approximate surface area is 83.6 Å². The van der Waals surface area contributed by atoms with E-state index < -0.39 is 0 Å². The van der Waals surface area contributed by atoms with Gasteiger partial charge in [0, 0.05) is 13.5 Å². The molecule has 14 heavy (non-hydrogen) atoms. The largest absolute Gasteiger partial charge is 0.325 e. The predicted octanol–water partition coefficient (Wildman–Crippen LogP) is 1.56. The molecule has 0 atom stereocenters. The highest BCUT2D eigenvalue weighted by atomic mass is 16.2. The predicted molar refractivity (Wildman–Crippen MR) is 53.1 cm³/mol. The SMILES string of the molecule is CC(=O)N(CC#N)Cc1ccccc1. The molecule has 0 N–H and O–H groups in total. The van der Waals surface area contributed by atoms with E-state index in [2.05, 4.69) is 0 Å². The quantitative estimate of drug-likeness (QED) is 0.675. The zero-order valence-corrected chi connectivity index (χ0v) is 8.10. The average molecular weight is 188 g/mol. The highest BCUT2D eigenvalue weighted by molar-refractivity contribution is 5.73. The first kappa shape index (κ1) is 10.3. The lowest BCUT2D eigenvalue weighted by atomic mass is 10.2. The zero-order valence-electron chi connectivity index (χ0n) is 8.10. The Hall–Kier alpha value is -1.82. The fourth-order valence-electron chi connectivity index (χ4n) is 1.17. The van der Waals surface area contributed by atoms with Crippen LogP contribution < -0.4 is 0 Å². The molecule has 0 unspecified atom stereocenters. The van der Waals surface area contributed by atoms with Crippen molar-refractivity contribution in [1.29, 1.82) is 5.26 Å². The molecule has 1 aromatic carbocycles. The second-order valence-corrected chi connectivity index (χ2v) is 3.02. The Morgan fingerprint density at radius 2 is 2.07 bits per heavy atom. The molecule has 3 nitrogen and oxygen atoms in total. The van der Waals surface area contributed by atoms with Crippen molar-refractivity contribution in [1.82, 2.24) is 4.90 Å². The molecule has 1 rings (SSSR count). The molecule has 0 spiro atoms. The van der Waals surface area contributed by atoms with Crippen LogP contribution in [0.5, 0.6) is 0 Å². The lowest BCUT2D eigenvalue weighted by molar-refractivity contribution is -0.128. The first-order chi connectivity index (χ1) is 6.74. The minimum atomic E-state index is -0.0737. The van der Waals surface area contributed by atoms with E-state index in [0.717, 1.165) is 5.56 Å². The number of rotatable bonds is 3. The summed E-state index contributed by atoms with van der Waals surface area (Å²) in [5.74, 6) is -0.0737. The minimum absolute atomic E-state index is 0.0737. The van der Waals surface area contributed by atoms with Gasteiger partial charge in [0.05, 0.1) is 6.07 Å². The minimum Gasteiger partial charge on any atom is -0.325 e. The van der Waals surface area contributed by atoms with Gasteiger partial charge < -0.3 is 4.90 Å². The molecule has 0 heterocycles. The van der Waals surface area contributed by atoms with Crippen LogP contribution in [0.25, 0.3) is 0 Å². The van der Waals surface area contributed by atoms with E-state index in [-0.39, 0.29) is 12.5 Å². The first-order valence-corrected chi connectivity index (χ1v) is 4.40. The van der Waals surface area contributed by atoms with Crippen molar-refractivity contribution in [3.05, 3.63) is 35.9 Å². The Kier molecular flexibility index (Phi) is 3.69. The number of nitriles is 1. The van der Waals surface area contributed by atoms with E-state index in [1.54, 1.807) is 0 Å². The molecule has 0 saturated heterocycles. The third kappa shape index (κ3) is 2.91. The van der Waals surface area contributed by atoms with E-state index in [0.29, 0.717) is 6.54 Å². The van der Waals surface area contributed by atoms with Crippen LogP contribution in [0.4, 0.5) is 0 Å². The van der Waals surface area contributed by atoms with E-state index >= 15 is 0 Å². The number of carbonyl (C=O) groups is 1. The van der Waals surface area contributed by atoms with Gasteiger partial charge in [-0.05, 0) is 5.56 Å². The molecule has 0 saturated carbocycles. The van der Waals surface area contributed by atoms with Gasteiger partial charge in [-0.25, -0.2) is 0 Å². The average Bonchev–Trinajstić information content (AvgIpc) is 2.18. The lowest BCUT2D eigenvalue weighted by Gasteiger charge is -2.17. The number of amides is 1. The van der Waals surface area contributed by atoms with Crippen molar-refractivity contribution >= 4 is 5.91 Å². The topological polar surface area (TPSA) is 44.1 Å². The third-order valence-electron chi connectivity index (χ3n) is 1.92. The molecule has 1 aromatic rings. The van der Waals surface area contributed by atoms with Gasteiger partial charge in [0.25, 0.3) is 0 Å². The molecule has 0 radical (unpaired) electrons. The second-order valence-electron chi connectivity index (χ2n) is 3.02. The van der Waals surface area contributed by atoms with Crippen LogP contribution in [0, 0.1) is 11.3 Å². The normalized spacial score (nSPS) is 9.14. The molecular weight excluding hydrogens is 176 g/mol. The molecule has 0 aliphatic rings. The van der Waals surface area contributed by atoms with Crippen LogP contribution in [-0.4, -0.2) is 17.4 Å². The van der Waals surface area contributed by atoms with Gasteiger partial charge >= 0.3 is 0 Å². The van der Waals surface area contributed by atoms with Crippen molar-refractivity contribution in [3.63, 3.8) is 0 Å². The van der Waals surface area contributed by atoms with Crippen molar-refractivity contribution in [2.75, 3.05) is 6.54 Å². The number of hydrogen-bond donors (Lipinski definition) is 0. The lowest BCUT2D eigenvalue weighted by Crippen LogP contribution is -2.28. The smallest absolute Gasteiger partial charge is 0.220 e. The summed E-state index contributed by atoms with van der Waals surface area (Å²) < 4.78 is 0. The van der Waals surface area contributed by atoms with Crippen molar-refractivity contribution in [2.45, 2.75) is 13.5 Å². The molecule has 3 heteroatoms. The molecule has 0 aliphatic heterocycles. The van der Waals surface area contributed by atoms with Crippen LogP contribution in [0.1, 0.15) is 12.5 Å². The van der Waals surface area contributed by atoms with Gasteiger partial charge in [-0.15, -0.1) is 0 Å². The third-order valence-corrected chi connectivity index (χ3v) is 1.92. The van der Waals surface area contributed by atoms with Gasteiger partial charge in [0.15, 0.2) is 0 Å². The highest BCUT2D eigenvalue weighted by Gasteiger charge is 2.07. The summed E-state index contributed by atoms with van der Waals surface area (Å²) in [5.41, 5.74) is 1.04. The van der Waals surface area contributed by atoms with Crippen LogP contribution in [0.2, 0.25) is 0 Å². The number of carbonyl (C=O) groups excluding carboxylic acids is 1. The van der Waals surface area contributed by atoms with Crippen LogP contribution >= 0.6 is 0 Å². The summed E-state index contributed by atoms with van der Waals surface area (Å²) in [6.07, 6.45) is 0. The van der Waals surface area contributed by atoms with E-state index in [9.17, 15) is 4.79 Å². The van der Waals surface area contributed by atoms with Crippen LogP contribution in [0.15, 0.2) is 30.3 Å². The number of hydrogen-bond acceptors (Lipinski definition) is 2. The van der Waals surface area contributed by atoms with Gasteiger partial charge in [0.1, 0.15) is 6.54 Å². The summed E-state index contributed by atoms with van der Waals surface area (Å²) in [6.45, 7) is 2.12. The Balaban J connectivity index is 2.66. The maximum absolute atomic E-state index is 11.1.